The van der Waals surface area contributed by atoms with Gasteiger partial charge < -0.3 is 4.74 Å². The zero-order chi connectivity index (χ0) is 37.1. The van der Waals surface area contributed by atoms with Gasteiger partial charge in [-0.2, -0.15) is 5.10 Å². The first kappa shape index (κ1) is 35.7. The van der Waals surface area contributed by atoms with Gasteiger partial charge in [0.2, 0.25) is 0 Å². The fourth-order valence-electron chi connectivity index (χ4n) is 8.57. The fraction of sp³-hybridized carbons (Fsp3) is 0.404. The first-order valence-electron chi connectivity index (χ1n) is 19.3. The van der Waals surface area contributed by atoms with Crippen LogP contribution in [0.4, 0.5) is 0 Å². The Bertz CT molecular complexity index is 2300. The van der Waals surface area contributed by atoms with Gasteiger partial charge in [0.05, 0.1) is 22.4 Å². The molecule has 0 amide bonds. The number of allylic oxidation sites excluding steroid dienone is 2. The molecule has 3 atom stereocenters. The van der Waals surface area contributed by atoms with E-state index in [0.717, 1.165) is 46.2 Å². The zero-order valence-corrected chi connectivity index (χ0v) is 33.1. The molecule has 0 unspecified atom stereocenters. The lowest BCUT2D eigenvalue weighted by Gasteiger charge is -2.35. The molecular weight excluding hydrogens is 637 g/mol. The second-order valence-corrected chi connectivity index (χ2v) is 17.2. The van der Waals surface area contributed by atoms with Crippen molar-refractivity contribution < 1.29 is 4.74 Å². The number of aromatic nitrogens is 4. The number of pyridine rings is 1. The molecule has 1 aliphatic rings. The van der Waals surface area contributed by atoms with E-state index in [1.54, 1.807) is 5.57 Å². The molecule has 3 aromatic heterocycles. The Morgan fingerprint density at radius 1 is 0.788 bits per heavy atom. The molecule has 270 valence electrons. The Balaban J connectivity index is 1.34. The van der Waals surface area contributed by atoms with Crippen LogP contribution in [0.25, 0.3) is 33.3 Å². The molecule has 3 heterocycles. The molecule has 52 heavy (non-hydrogen) atoms. The second-order valence-electron chi connectivity index (χ2n) is 17.2. The van der Waals surface area contributed by atoms with E-state index in [4.69, 9.17) is 14.8 Å². The van der Waals surface area contributed by atoms with Crippen molar-refractivity contribution in [2.75, 3.05) is 0 Å². The summed E-state index contributed by atoms with van der Waals surface area (Å²) < 4.78 is 11.3. The molecule has 0 radical (unpaired) electrons. The normalized spacial score (nSPS) is 18.3. The van der Waals surface area contributed by atoms with Crippen LogP contribution in [0.15, 0.2) is 90.6 Å². The molecule has 0 spiro atoms. The summed E-state index contributed by atoms with van der Waals surface area (Å²) in [5.74, 6) is 4.17. The average molecular weight is 693 g/mol. The number of rotatable bonds is 7. The Morgan fingerprint density at radius 2 is 1.52 bits per heavy atom. The lowest BCUT2D eigenvalue weighted by atomic mass is 9.69. The van der Waals surface area contributed by atoms with Crippen molar-refractivity contribution in [2.45, 2.75) is 112 Å². The maximum Gasteiger partial charge on any atom is 0.137 e. The van der Waals surface area contributed by atoms with Crippen LogP contribution < -0.4 is 4.74 Å². The summed E-state index contributed by atoms with van der Waals surface area (Å²) in [6, 6.07) is 26.0. The molecular formula is C47H56N4O. The molecule has 1 aliphatic carbocycles. The van der Waals surface area contributed by atoms with Gasteiger partial charge in [-0.25, -0.2) is 9.67 Å². The largest absolute Gasteiger partial charge is 0.457 e. The van der Waals surface area contributed by atoms with E-state index in [1.165, 1.54) is 46.0 Å². The summed E-state index contributed by atoms with van der Waals surface area (Å²) in [7, 11) is 0. The number of ether oxygens (including phenoxy) is 1. The molecule has 0 N–H and O–H groups in total. The number of fused-ring (bicyclic) bond motifs is 3. The van der Waals surface area contributed by atoms with Gasteiger partial charge in [0.25, 0.3) is 0 Å². The third-order valence-electron chi connectivity index (χ3n) is 11.4. The van der Waals surface area contributed by atoms with Crippen LogP contribution in [0.5, 0.6) is 11.5 Å². The highest BCUT2D eigenvalue weighted by Gasteiger charge is 2.34. The van der Waals surface area contributed by atoms with Crippen molar-refractivity contribution in [1.29, 1.82) is 0 Å². The molecule has 0 saturated heterocycles. The van der Waals surface area contributed by atoms with Crippen LogP contribution >= 0.6 is 0 Å². The van der Waals surface area contributed by atoms with Crippen LogP contribution in [-0.4, -0.2) is 19.3 Å². The van der Waals surface area contributed by atoms with Crippen molar-refractivity contribution in [3.8, 4) is 23.0 Å². The van der Waals surface area contributed by atoms with Crippen LogP contribution in [0.3, 0.4) is 0 Å². The molecule has 0 aliphatic heterocycles. The molecule has 5 heteroatoms. The quantitative estimate of drug-likeness (QED) is 0.156. The monoisotopic (exact) mass is 692 g/mol. The standard InChI is InChI=1S/C47H56N4O/c1-12-32-22-29(3)23-33(13-2)45(32)44-30(4)49-51(31(44)5)36-24-35(47(9,10)11)25-38(27-36)52-37-18-19-40-39-16-14-15-17-41(39)50(42(40)28-37)43-26-34(20-21-48-43)46(6,7)8/h14-22,24-29,33,45H,12-13,23H2,1-11H3/t29-,33-,45-/m0/s1. The van der Waals surface area contributed by atoms with Gasteiger partial charge in [-0.1, -0.05) is 98.6 Å². The Labute approximate surface area is 310 Å². The van der Waals surface area contributed by atoms with Crippen LogP contribution in [-0.2, 0) is 10.8 Å². The van der Waals surface area contributed by atoms with Crippen LogP contribution in [0, 0.1) is 25.7 Å². The van der Waals surface area contributed by atoms with Gasteiger partial charge in [0, 0.05) is 46.3 Å². The predicted molar refractivity (Wildman–Crippen MR) is 218 cm³/mol. The van der Waals surface area contributed by atoms with Crippen molar-refractivity contribution >= 4 is 21.8 Å². The van der Waals surface area contributed by atoms with Gasteiger partial charge in [0.15, 0.2) is 0 Å². The van der Waals surface area contributed by atoms with E-state index in [-0.39, 0.29) is 10.8 Å². The lowest BCUT2D eigenvalue weighted by molar-refractivity contribution is 0.347. The smallest absolute Gasteiger partial charge is 0.137 e. The van der Waals surface area contributed by atoms with E-state index in [2.05, 4.69) is 164 Å². The van der Waals surface area contributed by atoms with Gasteiger partial charge in [0.1, 0.15) is 17.3 Å². The summed E-state index contributed by atoms with van der Waals surface area (Å²) >= 11 is 0. The van der Waals surface area contributed by atoms with E-state index in [1.807, 2.05) is 6.20 Å². The Morgan fingerprint density at radius 3 is 2.23 bits per heavy atom. The molecule has 0 saturated carbocycles. The van der Waals surface area contributed by atoms with E-state index in [0.29, 0.717) is 17.8 Å². The van der Waals surface area contributed by atoms with E-state index < -0.39 is 0 Å². The van der Waals surface area contributed by atoms with Crippen molar-refractivity contribution in [1.82, 2.24) is 19.3 Å². The summed E-state index contributed by atoms with van der Waals surface area (Å²) in [5.41, 5.74) is 10.9. The second kappa shape index (κ2) is 13.4. The fourth-order valence-corrected chi connectivity index (χ4v) is 8.57. The summed E-state index contributed by atoms with van der Waals surface area (Å²) in [4.78, 5) is 4.88. The molecule has 6 aromatic rings. The highest BCUT2D eigenvalue weighted by molar-refractivity contribution is 6.09. The van der Waals surface area contributed by atoms with Gasteiger partial charge >= 0.3 is 0 Å². The third-order valence-corrected chi connectivity index (χ3v) is 11.4. The maximum absolute atomic E-state index is 6.84. The zero-order valence-electron chi connectivity index (χ0n) is 33.1. The molecule has 0 bridgehead atoms. The summed E-state index contributed by atoms with van der Waals surface area (Å²) in [6.07, 6.45) is 7.95. The van der Waals surface area contributed by atoms with Gasteiger partial charge in [-0.3, -0.25) is 4.57 Å². The lowest BCUT2D eigenvalue weighted by Crippen LogP contribution is -2.23. The van der Waals surface area contributed by atoms with E-state index in [9.17, 15) is 0 Å². The summed E-state index contributed by atoms with van der Waals surface area (Å²) in [5, 5.41) is 7.61. The highest BCUT2D eigenvalue weighted by atomic mass is 16.5. The van der Waals surface area contributed by atoms with Crippen molar-refractivity contribution in [2.24, 2.45) is 11.8 Å². The molecule has 7 rings (SSSR count). The molecule has 3 aromatic carbocycles. The van der Waals surface area contributed by atoms with Crippen molar-refractivity contribution in [3.63, 3.8) is 0 Å². The van der Waals surface area contributed by atoms with Crippen LogP contribution in [0.1, 0.15) is 116 Å². The van der Waals surface area contributed by atoms with E-state index >= 15 is 0 Å². The van der Waals surface area contributed by atoms with Crippen LogP contribution in [0.2, 0.25) is 0 Å². The first-order chi connectivity index (χ1) is 24.7. The maximum atomic E-state index is 6.84. The SMILES string of the molecule is CCC1=C[C@H](C)C[C@H](CC)[C@H]1c1c(C)nn(-c2cc(Oc3ccc4c5ccccc5n(-c5cc(C(C)(C)C)ccn5)c4c3)cc(C(C)(C)C)c2)c1C. The third kappa shape index (κ3) is 6.48. The van der Waals surface area contributed by atoms with Gasteiger partial charge in [-0.15, -0.1) is 0 Å². The number of nitrogens with zero attached hydrogens (tertiary/aromatic N) is 4. The van der Waals surface area contributed by atoms with Gasteiger partial charge in [-0.05, 0) is 103 Å². The minimum absolute atomic E-state index is 0.00835. The minimum Gasteiger partial charge on any atom is -0.457 e. The number of aryl methyl sites for hydroxylation is 1. The average Bonchev–Trinajstić information content (AvgIpc) is 3.59. The topological polar surface area (TPSA) is 44.9 Å². The number of benzene rings is 3. The van der Waals surface area contributed by atoms with Crippen molar-refractivity contribution in [3.05, 3.63) is 119 Å². The first-order valence-corrected chi connectivity index (χ1v) is 19.3. The highest BCUT2D eigenvalue weighted by Crippen LogP contribution is 2.46. The Hall–Kier alpha value is -4.64. The Kier molecular flexibility index (Phi) is 9.21. The minimum atomic E-state index is -0.0852. The predicted octanol–water partition coefficient (Wildman–Crippen LogP) is 12.9. The molecule has 0 fully saturated rings. The number of hydrogen-bond acceptors (Lipinski definition) is 3. The number of hydrogen-bond donors (Lipinski definition) is 0. The molecule has 5 nitrogen and oxygen atoms in total. The number of para-hydroxylation sites is 1. The summed E-state index contributed by atoms with van der Waals surface area (Å²) in [6.45, 7) is 25.0.